The number of anilines is 1. The Bertz CT molecular complexity index is 1110. The fourth-order valence-electron chi connectivity index (χ4n) is 2.71. The summed E-state index contributed by atoms with van der Waals surface area (Å²) in [4.78, 5) is 30.2. The fourth-order valence-corrected chi connectivity index (χ4v) is 2.71. The Balaban J connectivity index is 2.05. The van der Waals surface area contributed by atoms with Crippen LogP contribution in [0.25, 0.3) is 10.8 Å². The smallest absolute Gasteiger partial charge is 0.416 e. The maximum atomic E-state index is 12.9. The molecule has 0 aliphatic rings. The van der Waals surface area contributed by atoms with Gasteiger partial charge in [0.05, 0.1) is 18.1 Å². The molecule has 3 aromatic rings. The maximum Gasteiger partial charge on any atom is 0.416 e. The van der Waals surface area contributed by atoms with E-state index >= 15 is 0 Å². The van der Waals surface area contributed by atoms with Crippen LogP contribution in [-0.4, -0.2) is 24.9 Å². The molecule has 0 saturated carbocycles. The highest BCUT2D eigenvalue weighted by Crippen LogP contribution is 2.30. The summed E-state index contributed by atoms with van der Waals surface area (Å²) in [5, 5.41) is 3.07. The summed E-state index contributed by atoms with van der Waals surface area (Å²) < 4.78 is 44.5. The van der Waals surface area contributed by atoms with Gasteiger partial charge in [0.2, 0.25) is 0 Å². The van der Waals surface area contributed by atoms with E-state index < -0.39 is 23.2 Å². The SMILES string of the molecule is COc1ccc2c(=O)n(OC)c(C(=O)Nc3cccc(C(F)(F)F)c3)cc2c1. The number of benzene rings is 2. The molecule has 1 heterocycles. The Morgan fingerprint density at radius 2 is 1.82 bits per heavy atom. The second kappa shape index (κ2) is 7.26. The summed E-state index contributed by atoms with van der Waals surface area (Å²) in [5.74, 6) is -0.325. The van der Waals surface area contributed by atoms with Crippen LogP contribution in [0.5, 0.6) is 5.75 Å². The highest BCUT2D eigenvalue weighted by molar-refractivity contribution is 6.05. The van der Waals surface area contributed by atoms with E-state index in [0.29, 0.717) is 16.5 Å². The van der Waals surface area contributed by atoms with Crippen LogP contribution < -0.4 is 20.5 Å². The van der Waals surface area contributed by atoms with Gasteiger partial charge in [-0.1, -0.05) is 6.07 Å². The number of methoxy groups -OCH3 is 1. The van der Waals surface area contributed by atoms with Crippen LogP contribution in [0.15, 0.2) is 53.3 Å². The number of carbonyl (C=O) groups is 1. The van der Waals surface area contributed by atoms with E-state index in [4.69, 9.17) is 9.57 Å². The van der Waals surface area contributed by atoms with Crippen molar-refractivity contribution in [3.8, 4) is 5.75 Å². The summed E-state index contributed by atoms with van der Waals surface area (Å²) in [5.41, 5.74) is -1.74. The molecule has 1 aromatic heterocycles. The quantitative estimate of drug-likeness (QED) is 0.740. The monoisotopic (exact) mass is 392 g/mol. The number of amides is 1. The Kier molecular flexibility index (Phi) is 5.00. The number of carbonyl (C=O) groups excluding carboxylic acids is 1. The number of rotatable bonds is 4. The molecule has 2 aromatic carbocycles. The average molecular weight is 392 g/mol. The summed E-state index contributed by atoms with van der Waals surface area (Å²) in [6.07, 6.45) is -4.55. The molecule has 0 spiro atoms. The average Bonchev–Trinajstić information content (AvgIpc) is 2.67. The molecule has 6 nitrogen and oxygen atoms in total. The number of hydrogen-bond acceptors (Lipinski definition) is 4. The van der Waals surface area contributed by atoms with E-state index in [1.54, 1.807) is 12.1 Å². The van der Waals surface area contributed by atoms with Gasteiger partial charge in [-0.05, 0) is 47.9 Å². The predicted octanol–water partition coefficient (Wildman–Crippen LogP) is 3.34. The number of aromatic nitrogens is 1. The van der Waals surface area contributed by atoms with Crippen molar-refractivity contribution in [2.24, 2.45) is 0 Å². The molecular weight excluding hydrogens is 377 g/mol. The molecular formula is C19H15F3N2O4. The van der Waals surface area contributed by atoms with Crippen molar-refractivity contribution in [1.82, 2.24) is 4.73 Å². The first-order valence-corrected chi connectivity index (χ1v) is 8.01. The van der Waals surface area contributed by atoms with Gasteiger partial charge in [-0.3, -0.25) is 9.59 Å². The Morgan fingerprint density at radius 3 is 2.46 bits per heavy atom. The van der Waals surface area contributed by atoms with Crippen LogP contribution >= 0.6 is 0 Å². The topological polar surface area (TPSA) is 69.6 Å². The van der Waals surface area contributed by atoms with E-state index in [2.05, 4.69) is 5.32 Å². The molecule has 1 amide bonds. The Labute approximate surface area is 157 Å². The van der Waals surface area contributed by atoms with Crippen LogP contribution in [0.3, 0.4) is 0 Å². The third-order valence-electron chi connectivity index (χ3n) is 4.05. The third-order valence-corrected chi connectivity index (χ3v) is 4.05. The predicted molar refractivity (Wildman–Crippen MR) is 96.7 cm³/mol. The molecule has 0 bridgehead atoms. The lowest BCUT2D eigenvalue weighted by Gasteiger charge is -2.14. The van der Waals surface area contributed by atoms with Crippen molar-refractivity contribution in [1.29, 1.82) is 0 Å². The van der Waals surface area contributed by atoms with Crippen molar-refractivity contribution < 1.29 is 27.5 Å². The standard InChI is InChI=1S/C19H15F3N2O4/c1-27-14-6-7-15-11(8-14)9-16(24(28-2)18(15)26)17(25)23-13-5-3-4-12(10-13)19(20,21)22/h3-10H,1-2H3,(H,23,25). The zero-order valence-corrected chi connectivity index (χ0v) is 14.8. The van der Waals surface area contributed by atoms with Gasteiger partial charge >= 0.3 is 6.18 Å². The lowest BCUT2D eigenvalue weighted by atomic mass is 10.1. The highest BCUT2D eigenvalue weighted by atomic mass is 19.4. The van der Waals surface area contributed by atoms with Gasteiger partial charge in [0.15, 0.2) is 0 Å². The van der Waals surface area contributed by atoms with Gasteiger partial charge in [-0.2, -0.15) is 13.2 Å². The van der Waals surface area contributed by atoms with Crippen molar-refractivity contribution in [3.05, 3.63) is 70.1 Å². The lowest BCUT2D eigenvalue weighted by Crippen LogP contribution is -2.32. The largest absolute Gasteiger partial charge is 0.497 e. The minimum absolute atomic E-state index is 0.0688. The van der Waals surface area contributed by atoms with Gasteiger partial charge < -0.3 is 14.9 Å². The Morgan fingerprint density at radius 1 is 1.07 bits per heavy atom. The number of halogens is 3. The third kappa shape index (κ3) is 3.64. The summed E-state index contributed by atoms with van der Waals surface area (Å²) in [6.45, 7) is 0. The van der Waals surface area contributed by atoms with Gasteiger partial charge in [0, 0.05) is 5.69 Å². The number of alkyl halides is 3. The number of nitrogens with one attached hydrogen (secondary N) is 1. The van der Waals surface area contributed by atoms with Crippen molar-refractivity contribution in [2.75, 3.05) is 19.5 Å². The van der Waals surface area contributed by atoms with Crippen LogP contribution in [0.1, 0.15) is 16.1 Å². The highest BCUT2D eigenvalue weighted by Gasteiger charge is 2.30. The molecule has 0 saturated heterocycles. The molecule has 0 aliphatic carbocycles. The van der Waals surface area contributed by atoms with Crippen molar-refractivity contribution >= 4 is 22.4 Å². The second-order valence-corrected chi connectivity index (χ2v) is 5.80. The van der Waals surface area contributed by atoms with Gasteiger partial charge in [-0.25, -0.2) is 0 Å². The van der Waals surface area contributed by atoms with Crippen LogP contribution in [-0.2, 0) is 6.18 Å². The number of nitrogens with zero attached hydrogens (tertiary/aromatic N) is 1. The molecule has 0 radical (unpaired) electrons. The number of pyridine rings is 1. The summed E-state index contributed by atoms with van der Waals surface area (Å²) >= 11 is 0. The summed E-state index contributed by atoms with van der Waals surface area (Å²) in [7, 11) is 2.66. The van der Waals surface area contributed by atoms with E-state index in [0.717, 1.165) is 16.9 Å². The molecule has 146 valence electrons. The second-order valence-electron chi connectivity index (χ2n) is 5.80. The fraction of sp³-hybridized carbons (Fsp3) is 0.158. The van der Waals surface area contributed by atoms with Gasteiger partial charge in [0.25, 0.3) is 11.5 Å². The van der Waals surface area contributed by atoms with Crippen molar-refractivity contribution in [3.63, 3.8) is 0 Å². The molecule has 0 unspecified atom stereocenters. The van der Waals surface area contributed by atoms with Crippen LogP contribution in [0.4, 0.5) is 18.9 Å². The minimum atomic E-state index is -4.55. The molecule has 0 atom stereocenters. The normalized spacial score (nSPS) is 11.3. The Hall–Kier alpha value is -3.49. The first-order chi connectivity index (χ1) is 13.2. The minimum Gasteiger partial charge on any atom is -0.497 e. The number of ether oxygens (including phenoxy) is 1. The maximum absolute atomic E-state index is 12.9. The van der Waals surface area contributed by atoms with E-state index in [1.807, 2.05) is 0 Å². The first kappa shape index (κ1) is 19.3. The number of hydrogen-bond donors (Lipinski definition) is 1. The van der Waals surface area contributed by atoms with E-state index in [1.165, 1.54) is 38.5 Å². The van der Waals surface area contributed by atoms with Gasteiger partial charge in [0.1, 0.15) is 18.6 Å². The van der Waals surface area contributed by atoms with E-state index in [-0.39, 0.29) is 11.4 Å². The molecule has 28 heavy (non-hydrogen) atoms. The zero-order valence-electron chi connectivity index (χ0n) is 14.8. The molecule has 0 aliphatic heterocycles. The zero-order chi connectivity index (χ0) is 20.5. The van der Waals surface area contributed by atoms with Crippen molar-refractivity contribution in [2.45, 2.75) is 6.18 Å². The van der Waals surface area contributed by atoms with Crippen LogP contribution in [0, 0.1) is 0 Å². The van der Waals surface area contributed by atoms with Crippen LogP contribution in [0.2, 0.25) is 0 Å². The van der Waals surface area contributed by atoms with E-state index in [9.17, 15) is 22.8 Å². The first-order valence-electron chi connectivity index (χ1n) is 8.01. The molecule has 9 heteroatoms. The lowest BCUT2D eigenvalue weighted by molar-refractivity contribution is -0.137. The number of fused-ring (bicyclic) bond motifs is 1. The molecule has 3 rings (SSSR count). The van der Waals surface area contributed by atoms with Gasteiger partial charge in [-0.15, -0.1) is 4.73 Å². The summed E-state index contributed by atoms with van der Waals surface area (Å²) in [6, 6.07) is 10.3. The molecule has 1 N–H and O–H groups in total. The molecule has 0 fully saturated rings.